The minimum atomic E-state index is -0.140. The van der Waals surface area contributed by atoms with Crippen LogP contribution in [-0.2, 0) is 5.75 Å². The number of nitrogens with one attached hydrogen (secondary N) is 1. The summed E-state index contributed by atoms with van der Waals surface area (Å²) in [7, 11) is 0. The highest BCUT2D eigenvalue weighted by molar-refractivity contribution is 7.99. The summed E-state index contributed by atoms with van der Waals surface area (Å²) < 4.78 is 2.07. The summed E-state index contributed by atoms with van der Waals surface area (Å²) in [5.74, 6) is 2.39. The molecule has 0 aliphatic carbocycles. The van der Waals surface area contributed by atoms with Crippen LogP contribution in [-0.4, -0.2) is 30.5 Å². The average molecular weight is 374 g/mol. The van der Waals surface area contributed by atoms with E-state index in [0.717, 1.165) is 28.8 Å². The zero-order valence-electron chi connectivity index (χ0n) is 14.1. The Hall–Kier alpha value is -2.06. The van der Waals surface area contributed by atoms with Crippen molar-refractivity contribution < 1.29 is 0 Å². The van der Waals surface area contributed by atoms with Crippen LogP contribution in [0, 0.1) is 6.92 Å². The van der Waals surface area contributed by atoms with Gasteiger partial charge < -0.3 is 4.98 Å². The molecule has 0 saturated carbocycles. The van der Waals surface area contributed by atoms with E-state index in [9.17, 15) is 4.79 Å². The SMILES string of the molecule is CCCSc1nnc(CSc2nc(C)cc(=O)[nH]2)n1-c1ccccc1. The Morgan fingerprint density at radius 3 is 2.68 bits per heavy atom. The highest BCUT2D eigenvalue weighted by Gasteiger charge is 2.15. The van der Waals surface area contributed by atoms with E-state index in [1.54, 1.807) is 11.8 Å². The van der Waals surface area contributed by atoms with E-state index in [0.29, 0.717) is 16.6 Å². The minimum absolute atomic E-state index is 0.140. The zero-order valence-corrected chi connectivity index (χ0v) is 15.7. The largest absolute Gasteiger partial charge is 0.301 e. The van der Waals surface area contributed by atoms with Crippen LogP contribution in [0.3, 0.4) is 0 Å². The van der Waals surface area contributed by atoms with Gasteiger partial charge in [0, 0.05) is 23.2 Å². The van der Waals surface area contributed by atoms with Crippen molar-refractivity contribution in [2.45, 2.75) is 36.3 Å². The van der Waals surface area contributed by atoms with Crippen LogP contribution in [0.25, 0.3) is 5.69 Å². The number of rotatable bonds is 7. The maximum atomic E-state index is 11.6. The number of hydrogen-bond donors (Lipinski definition) is 1. The van der Waals surface area contributed by atoms with Gasteiger partial charge in [0.15, 0.2) is 10.3 Å². The molecule has 0 aliphatic heterocycles. The Kier molecular flexibility index (Phi) is 5.93. The number of thioether (sulfide) groups is 2. The van der Waals surface area contributed by atoms with E-state index in [1.165, 1.54) is 17.8 Å². The van der Waals surface area contributed by atoms with Gasteiger partial charge in [-0.25, -0.2) is 4.98 Å². The number of aromatic amines is 1. The first-order valence-electron chi connectivity index (χ1n) is 8.00. The number of para-hydroxylation sites is 1. The molecule has 3 rings (SSSR count). The Balaban J connectivity index is 1.88. The van der Waals surface area contributed by atoms with Crippen molar-refractivity contribution in [2.24, 2.45) is 0 Å². The van der Waals surface area contributed by atoms with Gasteiger partial charge in [0.1, 0.15) is 5.82 Å². The standard InChI is InChI=1S/C17H19N5OS2/c1-3-9-24-17-21-20-14(22(17)13-7-5-4-6-8-13)11-25-16-18-12(2)10-15(23)19-16/h4-8,10H,3,9,11H2,1-2H3,(H,18,19,23). The Morgan fingerprint density at radius 2 is 1.96 bits per heavy atom. The molecular weight excluding hydrogens is 354 g/mol. The van der Waals surface area contributed by atoms with Gasteiger partial charge in [-0.1, -0.05) is 48.6 Å². The second-order valence-electron chi connectivity index (χ2n) is 5.40. The van der Waals surface area contributed by atoms with Crippen LogP contribution in [0.5, 0.6) is 0 Å². The lowest BCUT2D eigenvalue weighted by Gasteiger charge is -2.09. The fourth-order valence-electron chi connectivity index (χ4n) is 2.27. The average Bonchev–Trinajstić information content (AvgIpc) is 3.01. The molecule has 0 spiro atoms. The van der Waals surface area contributed by atoms with Gasteiger partial charge in [-0.05, 0) is 25.5 Å². The number of H-pyrrole nitrogens is 1. The molecule has 0 unspecified atom stereocenters. The molecule has 130 valence electrons. The number of aryl methyl sites for hydroxylation is 1. The second kappa shape index (κ2) is 8.35. The summed E-state index contributed by atoms with van der Waals surface area (Å²) in [6, 6.07) is 11.6. The maximum absolute atomic E-state index is 11.6. The monoisotopic (exact) mass is 373 g/mol. The fraction of sp³-hybridized carbons (Fsp3) is 0.294. The molecule has 1 N–H and O–H groups in total. The molecule has 3 aromatic rings. The van der Waals surface area contributed by atoms with Crippen molar-refractivity contribution in [2.75, 3.05) is 5.75 Å². The van der Waals surface area contributed by atoms with Crippen molar-refractivity contribution >= 4 is 23.5 Å². The van der Waals surface area contributed by atoms with Crippen molar-refractivity contribution in [3.8, 4) is 5.69 Å². The molecule has 0 amide bonds. The molecule has 0 saturated heterocycles. The number of aromatic nitrogens is 5. The predicted molar refractivity (Wildman–Crippen MR) is 102 cm³/mol. The first kappa shape index (κ1) is 17.8. The van der Waals surface area contributed by atoms with Gasteiger partial charge in [0.25, 0.3) is 5.56 Å². The van der Waals surface area contributed by atoms with E-state index in [4.69, 9.17) is 0 Å². The highest BCUT2D eigenvalue weighted by Crippen LogP contribution is 2.26. The molecule has 0 atom stereocenters. The van der Waals surface area contributed by atoms with Gasteiger partial charge in [-0.3, -0.25) is 9.36 Å². The Bertz CT molecular complexity index is 892. The normalized spacial score (nSPS) is 11.0. The van der Waals surface area contributed by atoms with Crippen LogP contribution in [0.15, 0.2) is 51.5 Å². The number of benzene rings is 1. The first-order valence-corrected chi connectivity index (χ1v) is 9.97. The molecular formula is C17H19N5OS2. The maximum Gasteiger partial charge on any atom is 0.251 e. The van der Waals surface area contributed by atoms with Gasteiger partial charge in [0.2, 0.25) is 0 Å². The van der Waals surface area contributed by atoms with Crippen LogP contribution in [0.2, 0.25) is 0 Å². The molecule has 2 aromatic heterocycles. The highest BCUT2D eigenvalue weighted by atomic mass is 32.2. The Morgan fingerprint density at radius 1 is 1.16 bits per heavy atom. The van der Waals surface area contributed by atoms with E-state index in [1.807, 2.05) is 37.3 Å². The summed E-state index contributed by atoms with van der Waals surface area (Å²) in [5.41, 5.74) is 1.60. The van der Waals surface area contributed by atoms with Crippen molar-refractivity contribution in [3.63, 3.8) is 0 Å². The molecule has 8 heteroatoms. The third-order valence-electron chi connectivity index (χ3n) is 3.34. The predicted octanol–water partition coefficient (Wildman–Crippen LogP) is 3.45. The zero-order chi connectivity index (χ0) is 17.6. The van der Waals surface area contributed by atoms with Gasteiger partial charge in [-0.2, -0.15) is 0 Å². The van der Waals surface area contributed by atoms with Crippen LogP contribution >= 0.6 is 23.5 Å². The van der Waals surface area contributed by atoms with E-state index < -0.39 is 0 Å². The van der Waals surface area contributed by atoms with Crippen molar-refractivity contribution in [1.82, 2.24) is 24.7 Å². The quantitative estimate of drug-likeness (QED) is 0.505. The summed E-state index contributed by atoms with van der Waals surface area (Å²) in [6.45, 7) is 3.96. The second-order valence-corrected chi connectivity index (χ2v) is 7.42. The van der Waals surface area contributed by atoms with E-state index in [2.05, 4.69) is 31.7 Å². The Labute approximate surface area is 154 Å². The van der Waals surface area contributed by atoms with Crippen LogP contribution in [0.1, 0.15) is 24.9 Å². The first-order chi connectivity index (χ1) is 12.2. The molecule has 0 bridgehead atoms. The van der Waals surface area contributed by atoms with Gasteiger partial charge in [-0.15, -0.1) is 10.2 Å². The van der Waals surface area contributed by atoms with Gasteiger partial charge in [0.05, 0.1) is 5.75 Å². The van der Waals surface area contributed by atoms with Crippen molar-refractivity contribution in [3.05, 3.63) is 58.3 Å². The molecule has 0 fully saturated rings. The lowest BCUT2D eigenvalue weighted by Crippen LogP contribution is -2.08. The summed E-state index contributed by atoms with van der Waals surface area (Å²) in [4.78, 5) is 18.7. The third-order valence-corrected chi connectivity index (χ3v) is 5.34. The van der Waals surface area contributed by atoms with E-state index >= 15 is 0 Å². The smallest absolute Gasteiger partial charge is 0.251 e. The molecule has 6 nitrogen and oxygen atoms in total. The van der Waals surface area contributed by atoms with Crippen LogP contribution in [0.4, 0.5) is 0 Å². The lowest BCUT2D eigenvalue weighted by molar-refractivity contribution is 0.859. The van der Waals surface area contributed by atoms with Crippen molar-refractivity contribution in [1.29, 1.82) is 0 Å². The lowest BCUT2D eigenvalue weighted by atomic mass is 10.3. The van der Waals surface area contributed by atoms with Gasteiger partial charge >= 0.3 is 0 Å². The molecule has 0 radical (unpaired) electrons. The summed E-state index contributed by atoms with van der Waals surface area (Å²) >= 11 is 3.14. The summed E-state index contributed by atoms with van der Waals surface area (Å²) in [5, 5.41) is 10.2. The van der Waals surface area contributed by atoms with E-state index in [-0.39, 0.29) is 5.56 Å². The molecule has 25 heavy (non-hydrogen) atoms. The van der Waals surface area contributed by atoms with Crippen LogP contribution < -0.4 is 5.56 Å². The third kappa shape index (κ3) is 4.52. The number of nitrogens with zero attached hydrogens (tertiary/aromatic N) is 4. The number of hydrogen-bond acceptors (Lipinski definition) is 6. The minimum Gasteiger partial charge on any atom is -0.301 e. The molecule has 2 heterocycles. The summed E-state index contributed by atoms with van der Waals surface area (Å²) in [6.07, 6.45) is 1.07. The molecule has 1 aromatic carbocycles. The molecule has 0 aliphatic rings. The topological polar surface area (TPSA) is 76.5 Å². The fourth-order valence-corrected chi connectivity index (χ4v) is 3.93.